The third-order valence-corrected chi connectivity index (χ3v) is 3.95. The van der Waals surface area contributed by atoms with Gasteiger partial charge in [-0.05, 0) is 38.2 Å². The van der Waals surface area contributed by atoms with Gasteiger partial charge in [-0.2, -0.15) is 0 Å². The fraction of sp³-hybridized carbons (Fsp3) is 0.500. The fourth-order valence-corrected chi connectivity index (χ4v) is 3.00. The smallest absolute Gasteiger partial charge is 0.305 e. The normalized spacial score (nSPS) is 21.2. The lowest BCUT2D eigenvalue weighted by Gasteiger charge is -2.32. The Labute approximate surface area is 122 Å². The lowest BCUT2D eigenvalue weighted by atomic mass is 10.1. The van der Waals surface area contributed by atoms with E-state index in [0.717, 1.165) is 36.2 Å². The van der Waals surface area contributed by atoms with E-state index >= 15 is 0 Å². The van der Waals surface area contributed by atoms with Crippen molar-refractivity contribution in [3.05, 3.63) is 28.7 Å². The van der Waals surface area contributed by atoms with Crippen LogP contribution < -0.4 is 4.90 Å². The Hall–Kier alpha value is -1.07. The number of carboxylic acids is 1. The second kappa shape index (κ2) is 6.39. The SMILES string of the molecule is CN1CCCN(c2cccc(Br)c2)C(CC(=O)O)C1. The average Bonchev–Trinajstić information content (AvgIpc) is 2.50. The average molecular weight is 327 g/mol. The minimum Gasteiger partial charge on any atom is -0.481 e. The van der Waals surface area contributed by atoms with Crippen LogP contribution in [0, 0.1) is 0 Å². The van der Waals surface area contributed by atoms with Crippen molar-refractivity contribution in [1.29, 1.82) is 0 Å². The Kier molecular flexibility index (Phi) is 4.82. The Balaban J connectivity index is 2.24. The molecule has 0 radical (unpaired) electrons. The molecule has 0 spiro atoms. The van der Waals surface area contributed by atoms with Crippen molar-refractivity contribution in [2.45, 2.75) is 18.9 Å². The summed E-state index contributed by atoms with van der Waals surface area (Å²) < 4.78 is 1.02. The number of carboxylic acid groups (broad SMARTS) is 1. The van der Waals surface area contributed by atoms with E-state index < -0.39 is 5.97 Å². The summed E-state index contributed by atoms with van der Waals surface area (Å²) in [6.45, 7) is 2.71. The van der Waals surface area contributed by atoms with Gasteiger partial charge < -0.3 is 14.9 Å². The molecule has 5 heteroatoms. The molecule has 19 heavy (non-hydrogen) atoms. The van der Waals surface area contributed by atoms with Crippen molar-refractivity contribution in [3.8, 4) is 0 Å². The Morgan fingerprint density at radius 2 is 2.26 bits per heavy atom. The van der Waals surface area contributed by atoms with Crippen molar-refractivity contribution in [2.75, 3.05) is 31.6 Å². The largest absolute Gasteiger partial charge is 0.481 e. The lowest BCUT2D eigenvalue weighted by molar-refractivity contribution is -0.137. The van der Waals surface area contributed by atoms with Gasteiger partial charge in [-0.1, -0.05) is 22.0 Å². The zero-order chi connectivity index (χ0) is 13.8. The van der Waals surface area contributed by atoms with E-state index in [4.69, 9.17) is 5.11 Å². The molecule has 1 unspecified atom stereocenters. The second-order valence-corrected chi connectivity index (χ2v) is 5.96. The van der Waals surface area contributed by atoms with Crippen molar-refractivity contribution < 1.29 is 9.90 Å². The van der Waals surface area contributed by atoms with E-state index in [9.17, 15) is 4.79 Å². The van der Waals surface area contributed by atoms with Crippen LogP contribution in [0.4, 0.5) is 5.69 Å². The van der Waals surface area contributed by atoms with Crippen LogP contribution in [0.2, 0.25) is 0 Å². The number of hydrogen-bond donors (Lipinski definition) is 1. The number of rotatable bonds is 3. The quantitative estimate of drug-likeness (QED) is 0.926. The summed E-state index contributed by atoms with van der Waals surface area (Å²) in [5.41, 5.74) is 1.09. The first-order valence-corrected chi connectivity index (χ1v) is 7.28. The van der Waals surface area contributed by atoms with Gasteiger partial charge in [-0.25, -0.2) is 0 Å². The van der Waals surface area contributed by atoms with Crippen LogP contribution >= 0.6 is 15.9 Å². The number of halogens is 1. The molecular weight excluding hydrogens is 308 g/mol. The van der Waals surface area contributed by atoms with Gasteiger partial charge in [0.2, 0.25) is 0 Å². The highest BCUT2D eigenvalue weighted by molar-refractivity contribution is 9.10. The monoisotopic (exact) mass is 326 g/mol. The highest BCUT2D eigenvalue weighted by atomic mass is 79.9. The number of benzene rings is 1. The van der Waals surface area contributed by atoms with Gasteiger partial charge in [0.15, 0.2) is 0 Å². The standard InChI is InChI=1S/C14H19BrN2O2/c1-16-6-3-7-17(13(10-16)9-14(18)19)12-5-2-4-11(15)8-12/h2,4-5,8,13H,3,6-7,9-10H2,1H3,(H,18,19). The van der Waals surface area contributed by atoms with Gasteiger partial charge in [0.1, 0.15) is 0 Å². The van der Waals surface area contributed by atoms with E-state index in [1.165, 1.54) is 0 Å². The molecule has 0 bridgehead atoms. The summed E-state index contributed by atoms with van der Waals surface area (Å²) in [6.07, 6.45) is 1.23. The zero-order valence-corrected chi connectivity index (χ0v) is 12.6. The molecule has 1 atom stereocenters. The third kappa shape index (κ3) is 3.94. The van der Waals surface area contributed by atoms with Crippen LogP contribution in [0.3, 0.4) is 0 Å². The van der Waals surface area contributed by atoms with E-state index in [0.29, 0.717) is 0 Å². The van der Waals surface area contributed by atoms with Crippen LogP contribution in [0.5, 0.6) is 0 Å². The van der Waals surface area contributed by atoms with Crippen molar-refractivity contribution in [1.82, 2.24) is 4.90 Å². The molecular formula is C14H19BrN2O2. The van der Waals surface area contributed by atoms with Gasteiger partial charge in [-0.15, -0.1) is 0 Å². The minimum absolute atomic E-state index is 0.0271. The number of nitrogens with zero attached hydrogens (tertiary/aromatic N) is 2. The number of carbonyl (C=O) groups is 1. The maximum Gasteiger partial charge on any atom is 0.305 e. The molecule has 4 nitrogen and oxygen atoms in total. The van der Waals surface area contributed by atoms with Crippen LogP contribution in [-0.2, 0) is 4.79 Å². The predicted molar refractivity (Wildman–Crippen MR) is 79.6 cm³/mol. The van der Waals surface area contributed by atoms with Gasteiger partial charge in [0.05, 0.1) is 12.5 Å². The summed E-state index contributed by atoms with van der Waals surface area (Å²) >= 11 is 3.48. The Bertz CT molecular complexity index is 453. The summed E-state index contributed by atoms with van der Waals surface area (Å²) in [4.78, 5) is 15.5. The summed E-state index contributed by atoms with van der Waals surface area (Å²) in [5, 5.41) is 9.11. The fourth-order valence-electron chi connectivity index (χ4n) is 2.61. The molecule has 1 aliphatic heterocycles. The molecule has 0 aromatic heterocycles. The number of aliphatic carboxylic acids is 1. The van der Waals surface area contributed by atoms with E-state index in [1.807, 2.05) is 18.2 Å². The van der Waals surface area contributed by atoms with Crippen molar-refractivity contribution in [3.63, 3.8) is 0 Å². The molecule has 2 rings (SSSR count). The van der Waals surface area contributed by atoms with E-state index in [2.05, 4.69) is 38.8 Å². The van der Waals surface area contributed by atoms with Gasteiger partial charge >= 0.3 is 5.97 Å². The maximum absolute atomic E-state index is 11.1. The molecule has 1 heterocycles. The van der Waals surface area contributed by atoms with Crippen LogP contribution in [0.1, 0.15) is 12.8 Å². The molecule has 1 saturated heterocycles. The predicted octanol–water partition coefficient (Wildman–Crippen LogP) is 2.43. The van der Waals surface area contributed by atoms with Crippen LogP contribution in [-0.4, -0.2) is 48.7 Å². The highest BCUT2D eigenvalue weighted by Gasteiger charge is 2.25. The van der Waals surface area contributed by atoms with E-state index in [-0.39, 0.29) is 12.5 Å². The maximum atomic E-state index is 11.1. The van der Waals surface area contributed by atoms with Gasteiger partial charge in [0, 0.05) is 23.2 Å². The van der Waals surface area contributed by atoms with Gasteiger partial charge in [-0.3, -0.25) is 4.79 Å². The first-order chi connectivity index (χ1) is 9.06. The Morgan fingerprint density at radius 1 is 1.47 bits per heavy atom. The summed E-state index contributed by atoms with van der Waals surface area (Å²) in [5.74, 6) is -0.736. The van der Waals surface area contributed by atoms with Crippen molar-refractivity contribution in [2.24, 2.45) is 0 Å². The first-order valence-electron chi connectivity index (χ1n) is 6.49. The first kappa shape index (κ1) is 14.3. The zero-order valence-electron chi connectivity index (χ0n) is 11.1. The lowest BCUT2D eigenvalue weighted by Crippen LogP contribution is -2.41. The molecule has 0 amide bonds. The molecule has 1 aromatic rings. The second-order valence-electron chi connectivity index (χ2n) is 5.04. The topological polar surface area (TPSA) is 43.8 Å². The molecule has 104 valence electrons. The summed E-state index contributed by atoms with van der Waals surface area (Å²) in [7, 11) is 2.05. The number of hydrogen-bond acceptors (Lipinski definition) is 3. The molecule has 1 aromatic carbocycles. The molecule has 0 aliphatic carbocycles. The highest BCUT2D eigenvalue weighted by Crippen LogP contribution is 2.25. The van der Waals surface area contributed by atoms with Crippen molar-refractivity contribution >= 4 is 27.6 Å². The van der Waals surface area contributed by atoms with Crippen LogP contribution in [0.15, 0.2) is 28.7 Å². The molecule has 1 aliphatic rings. The molecule has 0 saturated carbocycles. The van der Waals surface area contributed by atoms with E-state index in [1.54, 1.807) is 0 Å². The van der Waals surface area contributed by atoms with Crippen LogP contribution in [0.25, 0.3) is 0 Å². The summed E-state index contributed by atoms with van der Waals surface area (Å²) in [6, 6.07) is 8.11. The number of likely N-dealkylation sites (N-methyl/N-ethyl adjacent to an activating group) is 1. The third-order valence-electron chi connectivity index (χ3n) is 3.45. The molecule has 1 N–H and O–H groups in total. The van der Waals surface area contributed by atoms with Gasteiger partial charge in [0.25, 0.3) is 0 Å². The number of anilines is 1. The minimum atomic E-state index is -0.736. The molecule has 1 fully saturated rings. The Morgan fingerprint density at radius 3 is 2.95 bits per heavy atom.